The summed E-state index contributed by atoms with van der Waals surface area (Å²) in [4.78, 5) is 2.37. The lowest BCUT2D eigenvalue weighted by molar-refractivity contribution is 0.554. The molecule has 0 saturated heterocycles. The van der Waals surface area contributed by atoms with Gasteiger partial charge in [0.25, 0.3) is 0 Å². The number of benzene rings is 9. The zero-order valence-electron chi connectivity index (χ0n) is 37.6. The van der Waals surface area contributed by atoms with Gasteiger partial charge in [0, 0.05) is 28.2 Å². The van der Waals surface area contributed by atoms with Gasteiger partial charge in [-0.2, -0.15) is 0 Å². The number of hydrogen-bond acceptors (Lipinski definition) is 4. The number of anilines is 3. The highest BCUT2D eigenvalue weighted by atomic mass is 16.4. The molecule has 0 saturated carbocycles. The number of aryl methyl sites for hydroxylation is 1. The first-order valence-electron chi connectivity index (χ1n) is 23.6. The van der Waals surface area contributed by atoms with E-state index >= 15 is 0 Å². The van der Waals surface area contributed by atoms with Gasteiger partial charge in [-0.1, -0.05) is 188 Å². The molecule has 10 aromatic rings. The molecule has 4 heteroatoms. The zero-order chi connectivity index (χ0) is 45.2. The average Bonchev–Trinajstić information content (AvgIpc) is 3.93. The second-order valence-corrected chi connectivity index (χ2v) is 17.5. The Balaban J connectivity index is 0.879. The zero-order valence-corrected chi connectivity index (χ0v) is 37.6. The normalized spacial score (nSPS) is 13.0. The molecule has 1 heterocycles. The summed E-state index contributed by atoms with van der Waals surface area (Å²) < 4.78 is 6.11. The van der Waals surface area contributed by atoms with Crippen molar-refractivity contribution in [1.82, 2.24) is 10.2 Å². The third kappa shape index (κ3) is 7.86. The van der Waals surface area contributed by atoms with Crippen molar-refractivity contribution in [3.8, 4) is 67.1 Å². The molecule has 9 aromatic carbocycles. The monoisotopic (exact) mass is 873 g/mol. The molecule has 2 aliphatic rings. The van der Waals surface area contributed by atoms with Gasteiger partial charge in [0.2, 0.25) is 11.8 Å². The standard InChI is InChI=1S/C64H47N3O/c1-2-16-50(17-3-1)63-65-66-64(68-63)51-30-28-46(29-31-51)59-22-8-10-24-61(59)62-25-11-9-23-60(62)49-36-42-54(43-37-49)67(52-38-32-47(33-39-52)57-26-12-18-44-14-4-6-20-55(44)57)53-40-34-48(35-41-53)58-27-13-19-45-15-5-7-21-56(45)58/h2,4,6-14,16-43H,1,3,5,15H2. The van der Waals surface area contributed by atoms with E-state index in [9.17, 15) is 0 Å². The van der Waals surface area contributed by atoms with Crippen LogP contribution in [-0.4, -0.2) is 10.2 Å². The maximum Gasteiger partial charge on any atom is 0.248 e. The fourth-order valence-electron chi connectivity index (χ4n) is 9.97. The third-order valence-corrected chi connectivity index (χ3v) is 13.4. The lowest BCUT2D eigenvalue weighted by atomic mass is 9.89. The van der Waals surface area contributed by atoms with Crippen LogP contribution in [0.3, 0.4) is 0 Å². The Hall–Kier alpha value is -8.60. The summed E-state index contributed by atoms with van der Waals surface area (Å²) >= 11 is 0. The first kappa shape index (κ1) is 40.9. The van der Waals surface area contributed by atoms with Crippen LogP contribution in [0.25, 0.3) is 89.5 Å². The number of aromatic nitrogens is 2. The highest BCUT2D eigenvalue weighted by Gasteiger charge is 2.19. The van der Waals surface area contributed by atoms with Crippen LogP contribution in [0.15, 0.2) is 235 Å². The first-order valence-corrected chi connectivity index (χ1v) is 23.6. The molecule has 0 unspecified atom stereocenters. The predicted octanol–water partition coefficient (Wildman–Crippen LogP) is 17.4. The van der Waals surface area contributed by atoms with Crippen LogP contribution >= 0.6 is 0 Å². The maximum atomic E-state index is 6.11. The van der Waals surface area contributed by atoms with Crippen LogP contribution in [0.1, 0.15) is 36.3 Å². The van der Waals surface area contributed by atoms with Gasteiger partial charge in [0.15, 0.2) is 0 Å². The van der Waals surface area contributed by atoms with E-state index in [2.05, 4.69) is 252 Å². The summed E-state index contributed by atoms with van der Waals surface area (Å²) in [6.45, 7) is 0. The van der Waals surface area contributed by atoms with Gasteiger partial charge in [-0.05, 0) is 152 Å². The largest absolute Gasteiger partial charge is 0.416 e. The molecule has 0 bridgehead atoms. The number of hydrogen-bond donors (Lipinski definition) is 0. The van der Waals surface area contributed by atoms with Crippen molar-refractivity contribution in [3.63, 3.8) is 0 Å². The number of allylic oxidation sites excluding steroid dienone is 5. The smallest absolute Gasteiger partial charge is 0.248 e. The summed E-state index contributed by atoms with van der Waals surface area (Å²) in [5.74, 6) is 1.08. The van der Waals surface area contributed by atoms with E-state index in [-0.39, 0.29) is 0 Å². The molecule has 0 amide bonds. The summed E-state index contributed by atoms with van der Waals surface area (Å²) in [7, 11) is 0. The Labute approximate surface area is 397 Å². The maximum absolute atomic E-state index is 6.11. The summed E-state index contributed by atoms with van der Waals surface area (Å²) in [5.41, 5.74) is 19.7. The second-order valence-electron chi connectivity index (χ2n) is 17.5. The van der Waals surface area contributed by atoms with E-state index in [1.165, 1.54) is 60.8 Å². The van der Waals surface area contributed by atoms with Gasteiger partial charge >= 0.3 is 0 Å². The van der Waals surface area contributed by atoms with Crippen LogP contribution in [0.4, 0.5) is 17.1 Å². The summed E-state index contributed by atoms with van der Waals surface area (Å²) in [6, 6.07) is 74.8. The number of rotatable bonds is 10. The molecule has 0 N–H and O–H groups in total. The van der Waals surface area contributed by atoms with Gasteiger partial charge in [-0.3, -0.25) is 0 Å². The molecule has 0 radical (unpaired) electrons. The van der Waals surface area contributed by atoms with Crippen molar-refractivity contribution in [2.75, 3.05) is 4.90 Å². The SMILES string of the molecule is C1=CC(c2nnc(-c3ccc(-c4ccccc4-c4ccccc4-c4ccc(N(c5ccc(-c6cccc7c6C=CCC7)cc5)c5ccc(-c6cccc7ccccc67)cc5)cc4)cc3)o2)=CCC1. The van der Waals surface area contributed by atoms with Crippen LogP contribution in [0.5, 0.6) is 0 Å². The van der Waals surface area contributed by atoms with E-state index in [0.29, 0.717) is 11.8 Å². The Morgan fingerprint density at radius 2 is 0.853 bits per heavy atom. The van der Waals surface area contributed by atoms with Gasteiger partial charge in [0.05, 0.1) is 0 Å². The van der Waals surface area contributed by atoms with Crippen LogP contribution in [0.2, 0.25) is 0 Å². The topological polar surface area (TPSA) is 42.2 Å². The lowest BCUT2D eigenvalue weighted by Crippen LogP contribution is -2.10. The van der Waals surface area contributed by atoms with Crippen molar-refractivity contribution in [1.29, 1.82) is 0 Å². The van der Waals surface area contributed by atoms with E-state index in [1.54, 1.807) is 0 Å². The fourth-order valence-corrected chi connectivity index (χ4v) is 9.97. The quantitative estimate of drug-likeness (QED) is 0.137. The Kier molecular flexibility index (Phi) is 10.8. The highest BCUT2D eigenvalue weighted by molar-refractivity contribution is 5.97. The molecule has 1 aromatic heterocycles. The molecule has 0 atom stereocenters. The Morgan fingerprint density at radius 1 is 0.368 bits per heavy atom. The molecule has 2 aliphatic carbocycles. The molecule has 12 rings (SSSR count). The van der Waals surface area contributed by atoms with Crippen molar-refractivity contribution >= 4 is 39.5 Å². The van der Waals surface area contributed by atoms with Gasteiger partial charge in [0.1, 0.15) is 0 Å². The van der Waals surface area contributed by atoms with Crippen molar-refractivity contribution in [3.05, 3.63) is 248 Å². The number of nitrogens with zero attached hydrogens (tertiary/aromatic N) is 3. The van der Waals surface area contributed by atoms with E-state index in [0.717, 1.165) is 70.6 Å². The molecule has 0 spiro atoms. The molecule has 0 aliphatic heterocycles. The molecule has 324 valence electrons. The summed E-state index contributed by atoms with van der Waals surface area (Å²) in [5, 5.41) is 11.2. The Morgan fingerprint density at radius 3 is 1.50 bits per heavy atom. The fraction of sp³-hybridized carbons (Fsp3) is 0.0625. The van der Waals surface area contributed by atoms with E-state index in [1.807, 2.05) is 0 Å². The van der Waals surface area contributed by atoms with Crippen LogP contribution in [0, 0.1) is 0 Å². The van der Waals surface area contributed by atoms with E-state index in [4.69, 9.17) is 4.42 Å². The third-order valence-electron chi connectivity index (χ3n) is 13.4. The molecule has 0 fully saturated rings. The van der Waals surface area contributed by atoms with Crippen LogP contribution < -0.4 is 4.90 Å². The van der Waals surface area contributed by atoms with Crippen molar-refractivity contribution < 1.29 is 4.42 Å². The molecule has 4 nitrogen and oxygen atoms in total. The highest BCUT2D eigenvalue weighted by Crippen LogP contribution is 2.42. The minimum absolute atomic E-state index is 0.519. The van der Waals surface area contributed by atoms with Gasteiger partial charge in [-0.25, -0.2) is 0 Å². The average molecular weight is 874 g/mol. The van der Waals surface area contributed by atoms with Crippen molar-refractivity contribution in [2.45, 2.75) is 25.7 Å². The predicted molar refractivity (Wildman–Crippen MR) is 283 cm³/mol. The van der Waals surface area contributed by atoms with Crippen molar-refractivity contribution in [2.24, 2.45) is 0 Å². The molecular weight excluding hydrogens is 827 g/mol. The minimum Gasteiger partial charge on any atom is -0.416 e. The number of fused-ring (bicyclic) bond motifs is 2. The minimum atomic E-state index is 0.519. The second kappa shape index (κ2) is 18.0. The van der Waals surface area contributed by atoms with Crippen LogP contribution in [-0.2, 0) is 6.42 Å². The molecule has 68 heavy (non-hydrogen) atoms. The van der Waals surface area contributed by atoms with Gasteiger partial charge < -0.3 is 9.32 Å². The van der Waals surface area contributed by atoms with Gasteiger partial charge in [-0.15, -0.1) is 10.2 Å². The first-order chi connectivity index (χ1) is 33.7. The Bertz CT molecular complexity index is 3530. The van der Waals surface area contributed by atoms with E-state index < -0.39 is 0 Å². The lowest BCUT2D eigenvalue weighted by Gasteiger charge is -2.26. The summed E-state index contributed by atoms with van der Waals surface area (Å²) in [6.07, 6.45) is 15.2. The molecular formula is C64H47N3O.